The number of anilines is 1. The van der Waals surface area contributed by atoms with E-state index in [4.69, 9.17) is 0 Å². The van der Waals surface area contributed by atoms with Crippen LogP contribution < -0.4 is 5.32 Å². The number of aryl methyl sites for hydroxylation is 1. The van der Waals surface area contributed by atoms with Crippen LogP contribution in [0.3, 0.4) is 0 Å². The van der Waals surface area contributed by atoms with Crippen molar-refractivity contribution in [1.82, 2.24) is 9.55 Å². The average Bonchev–Trinajstić information content (AvgIpc) is 3.10. The van der Waals surface area contributed by atoms with Crippen LogP contribution in [0.4, 0.5) is 5.69 Å². The van der Waals surface area contributed by atoms with Crippen LogP contribution in [-0.2, 0) is 13.1 Å². The number of fused-ring (bicyclic) bond motifs is 1. The van der Waals surface area contributed by atoms with Gasteiger partial charge in [-0.2, -0.15) is 0 Å². The van der Waals surface area contributed by atoms with E-state index < -0.39 is 0 Å². The standard InChI is InChI=1S/C15H17N3S2/c1-3-18-7-6-11(10-18)9-16-12-4-5-13-14(8-12)20-15(17-13)19-2/h4-8,10,16H,3,9H2,1-2H3. The molecule has 0 radical (unpaired) electrons. The second-order valence-electron chi connectivity index (χ2n) is 4.57. The Morgan fingerprint density at radius 2 is 2.25 bits per heavy atom. The van der Waals surface area contributed by atoms with Crippen molar-refractivity contribution in [2.75, 3.05) is 11.6 Å². The van der Waals surface area contributed by atoms with Crippen molar-refractivity contribution in [3.63, 3.8) is 0 Å². The third-order valence-corrected chi connectivity index (χ3v) is 5.22. The molecule has 0 saturated carbocycles. The van der Waals surface area contributed by atoms with Gasteiger partial charge in [-0.3, -0.25) is 0 Å². The normalized spacial score (nSPS) is 11.1. The van der Waals surface area contributed by atoms with Gasteiger partial charge in [-0.25, -0.2) is 4.98 Å². The van der Waals surface area contributed by atoms with Crippen molar-refractivity contribution in [1.29, 1.82) is 0 Å². The fourth-order valence-corrected chi connectivity index (χ4v) is 3.63. The zero-order chi connectivity index (χ0) is 13.9. The topological polar surface area (TPSA) is 29.9 Å². The molecule has 2 heterocycles. The number of thiazole rings is 1. The van der Waals surface area contributed by atoms with Gasteiger partial charge in [0, 0.05) is 31.2 Å². The van der Waals surface area contributed by atoms with Crippen LogP contribution in [0.2, 0.25) is 0 Å². The van der Waals surface area contributed by atoms with E-state index in [1.807, 2.05) is 0 Å². The van der Waals surface area contributed by atoms with Gasteiger partial charge >= 0.3 is 0 Å². The average molecular weight is 303 g/mol. The van der Waals surface area contributed by atoms with Crippen LogP contribution in [0.1, 0.15) is 12.5 Å². The van der Waals surface area contributed by atoms with Gasteiger partial charge in [0.15, 0.2) is 4.34 Å². The Morgan fingerprint density at radius 3 is 3.00 bits per heavy atom. The fourth-order valence-electron chi connectivity index (χ4n) is 2.10. The van der Waals surface area contributed by atoms with E-state index >= 15 is 0 Å². The predicted octanol–water partition coefficient (Wildman–Crippen LogP) is 4.45. The molecule has 1 aromatic carbocycles. The first kappa shape index (κ1) is 13.5. The molecule has 0 bridgehead atoms. The van der Waals surface area contributed by atoms with E-state index in [1.165, 1.54) is 10.3 Å². The van der Waals surface area contributed by atoms with Gasteiger partial charge in [-0.05, 0) is 43.0 Å². The summed E-state index contributed by atoms with van der Waals surface area (Å²) in [5, 5.41) is 3.48. The Hall–Kier alpha value is -1.46. The maximum absolute atomic E-state index is 4.56. The molecule has 0 aliphatic heterocycles. The molecule has 1 N–H and O–H groups in total. The molecule has 0 aliphatic rings. The smallest absolute Gasteiger partial charge is 0.150 e. The molecular formula is C15H17N3S2. The number of aromatic nitrogens is 2. The molecule has 0 saturated heterocycles. The molecule has 5 heteroatoms. The van der Waals surface area contributed by atoms with E-state index in [9.17, 15) is 0 Å². The van der Waals surface area contributed by atoms with Crippen LogP contribution in [0, 0.1) is 0 Å². The highest BCUT2D eigenvalue weighted by molar-refractivity contribution is 8.00. The van der Waals surface area contributed by atoms with Gasteiger partial charge in [-0.15, -0.1) is 11.3 Å². The number of nitrogens with one attached hydrogen (secondary N) is 1. The molecule has 20 heavy (non-hydrogen) atoms. The summed E-state index contributed by atoms with van der Waals surface area (Å²) in [5.74, 6) is 0. The number of benzene rings is 1. The lowest BCUT2D eigenvalue weighted by molar-refractivity contribution is 0.766. The molecule has 3 rings (SSSR count). The first-order valence-corrected chi connectivity index (χ1v) is 8.65. The SMILES string of the molecule is CCn1ccc(CNc2ccc3nc(SC)sc3c2)c1. The van der Waals surface area contributed by atoms with Crippen LogP contribution >= 0.6 is 23.1 Å². The van der Waals surface area contributed by atoms with Crippen molar-refractivity contribution in [3.05, 3.63) is 42.2 Å². The first-order chi connectivity index (χ1) is 9.78. The molecule has 0 fully saturated rings. The minimum atomic E-state index is 0.854. The lowest BCUT2D eigenvalue weighted by Crippen LogP contribution is -1.98. The summed E-state index contributed by atoms with van der Waals surface area (Å²) in [4.78, 5) is 4.56. The molecule has 2 aromatic heterocycles. The maximum atomic E-state index is 4.56. The summed E-state index contributed by atoms with van der Waals surface area (Å²) in [6.07, 6.45) is 6.37. The Bertz CT molecular complexity index is 715. The highest BCUT2D eigenvalue weighted by Gasteiger charge is 2.04. The Kier molecular flexibility index (Phi) is 3.98. The van der Waals surface area contributed by atoms with Crippen molar-refractivity contribution >= 4 is 39.0 Å². The van der Waals surface area contributed by atoms with E-state index in [0.29, 0.717) is 0 Å². The first-order valence-electron chi connectivity index (χ1n) is 6.61. The number of hydrogen-bond donors (Lipinski definition) is 1. The van der Waals surface area contributed by atoms with Crippen LogP contribution in [-0.4, -0.2) is 15.8 Å². The zero-order valence-corrected chi connectivity index (χ0v) is 13.2. The Labute approximate surface area is 127 Å². The second kappa shape index (κ2) is 5.89. The second-order valence-corrected chi connectivity index (χ2v) is 6.65. The minimum Gasteiger partial charge on any atom is -0.381 e. The van der Waals surface area contributed by atoms with Gasteiger partial charge in [0.2, 0.25) is 0 Å². The predicted molar refractivity (Wildman–Crippen MR) is 88.8 cm³/mol. The molecule has 3 nitrogen and oxygen atoms in total. The van der Waals surface area contributed by atoms with Crippen LogP contribution in [0.15, 0.2) is 41.0 Å². The summed E-state index contributed by atoms with van der Waals surface area (Å²) in [5.41, 5.74) is 3.54. The summed E-state index contributed by atoms with van der Waals surface area (Å²) in [7, 11) is 0. The van der Waals surface area contributed by atoms with Gasteiger partial charge < -0.3 is 9.88 Å². The van der Waals surface area contributed by atoms with Crippen molar-refractivity contribution in [2.24, 2.45) is 0 Å². The lowest BCUT2D eigenvalue weighted by atomic mass is 10.2. The maximum Gasteiger partial charge on any atom is 0.150 e. The van der Waals surface area contributed by atoms with Crippen molar-refractivity contribution in [3.8, 4) is 0 Å². The van der Waals surface area contributed by atoms with Crippen LogP contribution in [0.5, 0.6) is 0 Å². The molecule has 0 unspecified atom stereocenters. The molecule has 104 valence electrons. The Balaban J connectivity index is 1.73. The zero-order valence-electron chi connectivity index (χ0n) is 11.6. The fraction of sp³-hybridized carbons (Fsp3) is 0.267. The van der Waals surface area contributed by atoms with E-state index in [2.05, 4.69) is 64.7 Å². The van der Waals surface area contributed by atoms with Crippen LogP contribution in [0.25, 0.3) is 10.2 Å². The molecular weight excluding hydrogens is 286 g/mol. The minimum absolute atomic E-state index is 0.854. The summed E-state index contributed by atoms with van der Waals surface area (Å²) in [6.45, 7) is 4.02. The number of thioether (sulfide) groups is 1. The molecule has 0 aliphatic carbocycles. The monoisotopic (exact) mass is 303 g/mol. The number of rotatable bonds is 5. The van der Waals surface area contributed by atoms with Crippen molar-refractivity contribution in [2.45, 2.75) is 24.4 Å². The molecule has 0 amide bonds. The summed E-state index contributed by atoms with van der Waals surface area (Å²) >= 11 is 3.45. The highest BCUT2D eigenvalue weighted by atomic mass is 32.2. The van der Waals surface area contributed by atoms with E-state index in [1.54, 1.807) is 23.1 Å². The Morgan fingerprint density at radius 1 is 1.35 bits per heavy atom. The molecule has 3 aromatic rings. The summed E-state index contributed by atoms with van der Waals surface area (Å²) < 4.78 is 4.55. The number of hydrogen-bond acceptors (Lipinski definition) is 4. The van der Waals surface area contributed by atoms with Gasteiger partial charge in [0.05, 0.1) is 10.2 Å². The number of nitrogens with zero attached hydrogens (tertiary/aromatic N) is 2. The van der Waals surface area contributed by atoms with Crippen molar-refractivity contribution < 1.29 is 0 Å². The van der Waals surface area contributed by atoms with Gasteiger partial charge in [-0.1, -0.05) is 11.8 Å². The largest absolute Gasteiger partial charge is 0.381 e. The van der Waals surface area contributed by atoms with Gasteiger partial charge in [0.25, 0.3) is 0 Å². The van der Waals surface area contributed by atoms with E-state index in [-0.39, 0.29) is 0 Å². The quantitative estimate of drug-likeness (QED) is 0.706. The lowest BCUT2D eigenvalue weighted by Gasteiger charge is -2.04. The highest BCUT2D eigenvalue weighted by Crippen LogP contribution is 2.30. The third kappa shape index (κ3) is 2.83. The summed E-state index contributed by atoms with van der Waals surface area (Å²) in [6, 6.07) is 8.53. The van der Waals surface area contributed by atoms with E-state index in [0.717, 1.165) is 28.6 Å². The molecule has 0 atom stereocenters. The third-order valence-electron chi connectivity index (χ3n) is 3.22. The molecule has 0 spiro atoms. The van der Waals surface area contributed by atoms with Gasteiger partial charge in [0.1, 0.15) is 0 Å².